The summed E-state index contributed by atoms with van der Waals surface area (Å²) >= 11 is -5.43. The zero-order valence-corrected chi connectivity index (χ0v) is 38.9. The van der Waals surface area contributed by atoms with Crippen LogP contribution in [0.3, 0.4) is 0 Å². The number of fused-ring (bicyclic) bond motifs is 5. The molecule has 0 amide bonds. The number of allylic oxidation sites excluding steroid dienone is 8. The molecule has 0 radical (unpaired) electrons. The Hall–Kier alpha value is -2.97. The first kappa shape index (κ1) is 42.6. The number of hydrogen-bond acceptors (Lipinski definition) is 0. The van der Waals surface area contributed by atoms with E-state index in [4.69, 9.17) is 4.21 Å². The van der Waals surface area contributed by atoms with Gasteiger partial charge in [0.1, 0.15) is 0 Å². The SMILES string of the molecule is Cl.Cl.[CH2]=[Zr]([C]1=CC(C(C)(C)C)=CC1CC)([c]1cccc(F)c1)([c]1cccc(F)c1)[CH]1C=C(C)c2cc3c(cc2C1(C)C)Cc1cc2c(cc1-3)C(C)=CCC2(C)C. The normalized spacial score (nSPS) is 20.5. The second kappa shape index (κ2) is 14.1. The van der Waals surface area contributed by atoms with Crippen LogP contribution < -0.4 is 6.54 Å². The summed E-state index contributed by atoms with van der Waals surface area (Å²) in [5, 5.41) is 0. The van der Waals surface area contributed by atoms with Crippen LogP contribution in [0.25, 0.3) is 22.3 Å². The van der Waals surface area contributed by atoms with Crippen molar-refractivity contribution >= 4 is 46.7 Å². The van der Waals surface area contributed by atoms with E-state index in [2.05, 4.69) is 130 Å². The van der Waals surface area contributed by atoms with Crippen molar-refractivity contribution in [3.8, 4) is 11.1 Å². The first-order chi connectivity index (χ1) is 25.3. The predicted molar refractivity (Wildman–Crippen MR) is 239 cm³/mol. The molecule has 5 heteroatoms. The van der Waals surface area contributed by atoms with Gasteiger partial charge in [-0.3, -0.25) is 0 Å². The van der Waals surface area contributed by atoms with E-state index >= 15 is 8.78 Å². The molecule has 0 saturated heterocycles. The first-order valence-corrected chi connectivity index (χ1v) is 26.8. The van der Waals surface area contributed by atoms with Crippen LogP contribution in [-0.4, -0.2) is 4.21 Å². The molecular weight excluding hydrogens is 813 g/mol. The number of rotatable bonds is 5. The molecule has 0 nitrogen and oxygen atoms in total. The maximum atomic E-state index is 15.8. The van der Waals surface area contributed by atoms with E-state index in [0.29, 0.717) is 0 Å². The Kier molecular flexibility index (Phi) is 10.7. The van der Waals surface area contributed by atoms with Gasteiger partial charge in [0.15, 0.2) is 0 Å². The van der Waals surface area contributed by atoms with Gasteiger partial charge in [-0.05, 0) is 0 Å². The average molecular weight is 871 g/mol. The van der Waals surface area contributed by atoms with E-state index < -0.39 is 23.7 Å². The van der Waals surface area contributed by atoms with E-state index in [1.54, 1.807) is 12.1 Å². The monoisotopic (exact) mass is 868 g/mol. The Morgan fingerprint density at radius 1 is 0.732 bits per heavy atom. The molecule has 56 heavy (non-hydrogen) atoms. The molecular formula is C51H58Cl2F2Zr. The molecule has 4 aliphatic rings. The Morgan fingerprint density at radius 2 is 1.27 bits per heavy atom. The summed E-state index contributed by atoms with van der Waals surface area (Å²) in [5.41, 5.74) is 14.3. The average Bonchev–Trinajstić information content (AvgIpc) is 3.73. The van der Waals surface area contributed by atoms with Gasteiger partial charge in [0.2, 0.25) is 0 Å². The Bertz CT molecular complexity index is 2430. The molecule has 2 unspecified atom stereocenters. The second-order valence-electron chi connectivity index (χ2n) is 19.4. The van der Waals surface area contributed by atoms with Crippen LogP contribution in [0, 0.1) is 23.0 Å². The molecule has 0 spiro atoms. The van der Waals surface area contributed by atoms with Gasteiger partial charge >= 0.3 is 325 Å². The summed E-state index contributed by atoms with van der Waals surface area (Å²) < 4.78 is 40.4. The van der Waals surface area contributed by atoms with Gasteiger partial charge in [-0.2, -0.15) is 0 Å². The second-order valence-corrected chi connectivity index (χ2v) is 32.7. The van der Waals surface area contributed by atoms with Crippen molar-refractivity contribution in [2.24, 2.45) is 11.3 Å². The fraction of sp³-hybridized carbons (Fsp3) is 0.353. The van der Waals surface area contributed by atoms with Crippen molar-refractivity contribution in [3.05, 3.63) is 151 Å². The predicted octanol–water partition coefficient (Wildman–Crippen LogP) is 13.6. The van der Waals surface area contributed by atoms with Gasteiger partial charge in [-0.15, -0.1) is 24.8 Å². The number of halogens is 4. The summed E-state index contributed by atoms with van der Waals surface area (Å²) in [6.07, 6.45) is 12.6. The summed E-state index contributed by atoms with van der Waals surface area (Å²) in [7, 11) is 0. The Balaban J connectivity index is 0.00000266. The number of benzene rings is 4. The summed E-state index contributed by atoms with van der Waals surface area (Å²) in [4.78, 5) is 0. The number of hydrogen-bond donors (Lipinski definition) is 0. The van der Waals surface area contributed by atoms with E-state index in [-0.39, 0.29) is 56.8 Å². The molecule has 0 aromatic heterocycles. The third kappa shape index (κ3) is 6.07. The molecule has 0 N–H and O–H groups in total. The van der Waals surface area contributed by atoms with E-state index in [9.17, 15) is 0 Å². The topological polar surface area (TPSA) is 0 Å². The zero-order valence-electron chi connectivity index (χ0n) is 34.8. The van der Waals surface area contributed by atoms with Crippen molar-refractivity contribution in [1.29, 1.82) is 0 Å². The Labute approximate surface area is 347 Å². The van der Waals surface area contributed by atoms with Crippen LogP contribution in [0.2, 0.25) is 3.63 Å². The van der Waals surface area contributed by atoms with Gasteiger partial charge in [-0.1, -0.05) is 0 Å². The molecule has 0 aliphatic heterocycles. The third-order valence-electron chi connectivity index (χ3n) is 14.3. The van der Waals surface area contributed by atoms with Crippen LogP contribution in [0.1, 0.15) is 115 Å². The zero-order chi connectivity index (χ0) is 38.8. The maximum absolute atomic E-state index is 15.8. The quantitative estimate of drug-likeness (QED) is 0.165. The molecule has 0 fully saturated rings. The summed E-state index contributed by atoms with van der Waals surface area (Å²) in [6.45, 7) is 23.0. The van der Waals surface area contributed by atoms with Gasteiger partial charge in [0.25, 0.3) is 0 Å². The van der Waals surface area contributed by atoms with Gasteiger partial charge in [0.05, 0.1) is 0 Å². The van der Waals surface area contributed by atoms with Gasteiger partial charge in [0, 0.05) is 0 Å². The summed E-state index contributed by atoms with van der Waals surface area (Å²) in [5.74, 6) is -0.434. The fourth-order valence-corrected chi connectivity index (χ4v) is 30.7. The molecule has 4 aromatic rings. The molecule has 0 saturated carbocycles. The third-order valence-corrected chi connectivity index (χ3v) is 32.3. The van der Waals surface area contributed by atoms with Crippen LogP contribution in [0.15, 0.2) is 106 Å². The minimum atomic E-state index is -5.43. The van der Waals surface area contributed by atoms with Crippen LogP contribution >= 0.6 is 24.8 Å². The van der Waals surface area contributed by atoms with Gasteiger partial charge < -0.3 is 0 Å². The first-order valence-electron chi connectivity index (χ1n) is 20.0. The Morgan fingerprint density at radius 3 is 1.79 bits per heavy atom. The summed E-state index contributed by atoms with van der Waals surface area (Å²) in [6, 6.07) is 24.4. The van der Waals surface area contributed by atoms with Crippen molar-refractivity contribution < 1.29 is 27.1 Å². The van der Waals surface area contributed by atoms with E-state index in [1.165, 1.54) is 76.6 Å². The molecule has 4 aliphatic carbocycles. The molecule has 4 aromatic carbocycles. The van der Waals surface area contributed by atoms with Crippen molar-refractivity contribution in [2.75, 3.05) is 0 Å². The standard InChI is InChI=1S/C27H29.C11H17.2C6H4F.CH2.2ClH.Zr/c1-16-7-9-26(3,4)24-12-18-11-19-13-25-21(17(2)8-10-27(25,5)6)15-23(19)22(18)14-20(16)24;1-5-9-6-7-10(8-9)11(2,3)4;2*7-6-4-2-1-3-5-6;;;;/h7-9,12-15H,10-11H2,1-6H3;7-9H,5H2,1-4H3;2*1-2,4-5H;1H2;2*1H;. The van der Waals surface area contributed by atoms with E-state index in [0.717, 1.165) is 25.8 Å². The molecule has 2 atom stereocenters. The fourth-order valence-electron chi connectivity index (χ4n) is 11.1. The van der Waals surface area contributed by atoms with Crippen molar-refractivity contribution in [2.45, 2.75) is 103 Å². The molecule has 8 rings (SSSR count). The van der Waals surface area contributed by atoms with Crippen LogP contribution in [0.4, 0.5) is 8.78 Å². The molecule has 0 heterocycles. The van der Waals surface area contributed by atoms with Crippen molar-refractivity contribution in [1.82, 2.24) is 0 Å². The van der Waals surface area contributed by atoms with Crippen LogP contribution in [-0.2, 0) is 35.5 Å². The molecule has 0 bridgehead atoms. The van der Waals surface area contributed by atoms with E-state index in [1.807, 2.05) is 12.1 Å². The minimum absolute atomic E-state index is 0. The van der Waals surface area contributed by atoms with Crippen molar-refractivity contribution in [3.63, 3.8) is 0 Å². The van der Waals surface area contributed by atoms with Gasteiger partial charge in [-0.25, -0.2) is 0 Å². The van der Waals surface area contributed by atoms with Crippen LogP contribution in [0.5, 0.6) is 0 Å². The molecule has 294 valence electrons.